The number of halogens is 2. The van der Waals surface area contributed by atoms with Gasteiger partial charge in [0.05, 0.1) is 11.8 Å². The van der Waals surface area contributed by atoms with Gasteiger partial charge >= 0.3 is 0 Å². The predicted octanol–water partition coefficient (Wildman–Crippen LogP) is 5.72. The minimum absolute atomic E-state index is 0.0685. The van der Waals surface area contributed by atoms with Crippen LogP contribution in [-0.2, 0) is 0 Å². The summed E-state index contributed by atoms with van der Waals surface area (Å²) in [6.45, 7) is 0. The molecule has 5 rings (SSSR count). The molecule has 134 valence electrons. The quantitative estimate of drug-likeness (QED) is 0.569. The first-order valence-electron chi connectivity index (χ1n) is 8.82. The molecule has 0 saturated carbocycles. The molecule has 0 unspecified atom stereocenters. The maximum atomic E-state index is 13.3. The summed E-state index contributed by atoms with van der Waals surface area (Å²) >= 11 is 6.20. The van der Waals surface area contributed by atoms with Crippen molar-refractivity contribution in [1.82, 2.24) is 5.01 Å². The zero-order chi connectivity index (χ0) is 18.4. The fourth-order valence-electron chi connectivity index (χ4n) is 3.73. The molecule has 2 atom stereocenters. The highest BCUT2D eigenvalue weighted by atomic mass is 35.5. The molecular formula is C22H16ClFN2O. The Kier molecular flexibility index (Phi) is 3.87. The normalized spacial score (nSPS) is 20.5. The van der Waals surface area contributed by atoms with E-state index in [1.165, 1.54) is 12.1 Å². The van der Waals surface area contributed by atoms with Gasteiger partial charge in [0.25, 0.3) is 0 Å². The third-order valence-corrected chi connectivity index (χ3v) is 5.25. The van der Waals surface area contributed by atoms with Crippen molar-refractivity contribution < 1.29 is 9.13 Å². The average molecular weight is 379 g/mol. The molecule has 2 aliphatic heterocycles. The summed E-state index contributed by atoms with van der Waals surface area (Å²) in [5.41, 5.74) is 3.91. The number of nitrogens with zero attached hydrogens (tertiary/aromatic N) is 2. The molecule has 0 bridgehead atoms. The summed E-state index contributed by atoms with van der Waals surface area (Å²) in [5, 5.41) is 7.51. The number of hydrogen-bond acceptors (Lipinski definition) is 3. The van der Waals surface area contributed by atoms with Gasteiger partial charge in [-0.1, -0.05) is 54.1 Å². The number of hydrazone groups is 1. The fraction of sp³-hybridized carbons (Fsp3) is 0.136. The maximum Gasteiger partial charge on any atom is 0.213 e. The Labute approximate surface area is 161 Å². The Morgan fingerprint density at radius 3 is 2.63 bits per heavy atom. The van der Waals surface area contributed by atoms with Gasteiger partial charge in [0.15, 0.2) is 0 Å². The summed E-state index contributed by atoms with van der Waals surface area (Å²) in [6, 6.07) is 22.2. The van der Waals surface area contributed by atoms with Crippen molar-refractivity contribution in [2.24, 2.45) is 5.10 Å². The Balaban J connectivity index is 1.60. The topological polar surface area (TPSA) is 24.8 Å². The number of rotatable bonds is 2. The zero-order valence-electron chi connectivity index (χ0n) is 14.3. The van der Waals surface area contributed by atoms with Gasteiger partial charge in [-0.2, -0.15) is 5.10 Å². The van der Waals surface area contributed by atoms with Crippen molar-refractivity contribution in [1.29, 1.82) is 0 Å². The second-order valence-electron chi connectivity index (χ2n) is 6.72. The second-order valence-corrected chi connectivity index (χ2v) is 7.15. The van der Waals surface area contributed by atoms with Crippen LogP contribution in [0.3, 0.4) is 0 Å². The minimum Gasteiger partial charge on any atom is -0.464 e. The van der Waals surface area contributed by atoms with E-state index in [2.05, 4.69) is 6.07 Å². The van der Waals surface area contributed by atoms with Crippen LogP contribution in [0.25, 0.3) is 0 Å². The van der Waals surface area contributed by atoms with Crippen molar-refractivity contribution in [3.63, 3.8) is 0 Å². The van der Waals surface area contributed by atoms with Crippen LogP contribution in [0.4, 0.5) is 4.39 Å². The number of benzene rings is 3. The molecule has 5 heteroatoms. The molecule has 3 aromatic carbocycles. The first-order valence-corrected chi connectivity index (χ1v) is 9.19. The van der Waals surface area contributed by atoms with Crippen LogP contribution in [0.15, 0.2) is 77.9 Å². The third kappa shape index (κ3) is 2.86. The Morgan fingerprint density at radius 2 is 1.81 bits per heavy atom. The molecular weight excluding hydrogens is 363 g/mol. The van der Waals surface area contributed by atoms with Crippen LogP contribution in [0.5, 0.6) is 5.75 Å². The van der Waals surface area contributed by atoms with Crippen LogP contribution >= 0.6 is 11.6 Å². The van der Waals surface area contributed by atoms with Crippen molar-refractivity contribution in [3.05, 3.63) is 100 Å². The largest absolute Gasteiger partial charge is 0.464 e. The lowest BCUT2D eigenvalue weighted by Gasteiger charge is -2.38. The summed E-state index contributed by atoms with van der Waals surface area (Å²) < 4.78 is 19.6. The fourth-order valence-corrected chi connectivity index (χ4v) is 3.93. The molecule has 2 aliphatic rings. The van der Waals surface area contributed by atoms with Crippen LogP contribution in [0.1, 0.15) is 35.4 Å². The second kappa shape index (κ2) is 6.39. The van der Waals surface area contributed by atoms with E-state index < -0.39 is 0 Å². The highest BCUT2D eigenvalue weighted by Gasteiger charge is 2.40. The van der Waals surface area contributed by atoms with Crippen molar-refractivity contribution >= 4 is 17.3 Å². The number of fused-ring (bicyclic) bond motifs is 3. The summed E-state index contributed by atoms with van der Waals surface area (Å²) in [6.07, 6.45) is 0.379. The smallest absolute Gasteiger partial charge is 0.213 e. The summed E-state index contributed by atoms with van der Waals surface area (Å²) in [4.78, 5) is 0. The first kappa shape index (κ1) is 16.3. The molecule has 0 saturated heterocycles. The van der Waals surface area contributed by atoms with E-state index in [4.69, 9.17) is 21.4 Å². The molecule has 0 spiro atoms. The van der Waals surface area contributed by atoms with Crippen molar-refractivity contribution in [2.45, 2.75) is 18.7 Å². The average Bonchev–Trinajstić information content (AvgIpc) is 3.13. The maximum absolute atomic E-state index is 13.3. The molecule has 3 nitrogen and oxygen atoms in total. The number of hydrogen-bond donors (Lipinski definition) is 0. The highest BCUT2D eigenvalue weighted by molar-refractivity contribution is 6.30. The molecule has 3 aromatic rings. The molecule has 0 N–H and O–H groups in total. The first-order chi connectivity index (χ1) is 13.2. The Bertz CT molecular complexity index is 1030. The van der Waals surface area contributed by atoms with Gasteiger partial charge < -0.3 is 4.74 Å². The van der Waals surface area contributed by atoms with E-state index in [9.17, 15) is 4.39 Å². The van der Waals surface area contributed by atoms with Gasteiger partial charge in [-0.3, -0.25) is 0 Å². The van der Waals surface area contributed by atoms with Gasteiger partial charge in [0, 0.05) is 22.6 Å². The van der Waals surface area contributed by atoms with Gasteiger partial charge in [0.1, 0.15) is 11.6 Å². The molecule has 2 heterocycles. The van der Waals surface area contributed by atoms with Gasteiger partial charge in [-0.05, 0) is 35.9 Å². The van der Waals surface area contributed by atoms with Crippen LogP contribution in [0, 0.1) is 5.82 Å². The SMILES string of the molecule is Fc1ccc(C2=NN3[C@H](C2)c2ccccc2O[C@@H]3c2cccc(Cl)c2)cc1. The van der Waals surface area contributed by atoms with Crippen LogP contribution in [-0.4, -0.2) is 10.7 Å². The molecule has 0 fully saturated rings. The predicted molar refractivity (Wildman–Crippen MR) is 103 cm³/mol. The summed E-state index contributed by atoms with van der Waals surface area (Å²) in [5.74, 6) is 0.611. The highest BCUT2D eigenvalue weighted by Crippen LogP contribution is 2.47. The molecule has 27 heavy (non-hydrogen) atoms. The zero-order valence-corrected chi connectivity index (χ0v) is 15.1. The van der Waals surface area contributed by atoms with Gasteiger partial charge in [-0.25, -0.2) is 9.40 Å². The molecule has 0 aromatic heterocycles. The van der Waals surface area contributed by atoms with Gasteiger partial charge in [0.2, 0.25) is 6.23 Å². The van der Waals surface area contributed by atoms with E-state index in [1.54, 1.807) is 12.1 Å². The van der Waals surface area contributed by atoms with E-state index in [0.717, 1.165) is 34.6 Å². The monoisotopic (exact) mass is 378 g/mol. The van der Waals surface area contributed by atoms with Gasteiger partial charge in [-0.15, -0.1) is 0 Å². The lowest BCUT2D eigenvalue weighted by atomic mass is 9.96. The van der Waals surface area contributed by atoms with Crippen molar-refractivity contribution in [2.75, 3.05) is 0 Å². The number of ether oxygens (including phenoxy) is 1. The van der Waals surface area contributed by atoms with E-state index in [1.807, 2.05) is 47.5 Å². The Morgan fingerprint density at radius 1 is 1.00 bits per heavy atom. The lowest BCUT2D eigenvalue weighted by molar-refractivity contribution is -0.0190. The lowest BCUT2D eigenvalue weighted by Crippen LogP contribution is -2.33. The molecule has 0 amide bonds. The van der Waals surface area contributed by atoms with E-state index in [0.29, 0.717) is 5.02 Å². The third-order valence-electron chi connectivity index (χ3n) is 5.01. The van der Waals surface area contributed by atoms with E-state index in [-0.39, 0.29) is 18.1 Å². The van der Waals surface area contributed by atoms with Crippen LogP contribution < -0.4 is 4.74 Å². The molecule has 0 radical (unpaired) electrons. The number of para-hydroxylation sites is 1. The van der Waals surface area contributed by atoms with Crippen molar-refractivity contribution in [3.8, 4) is 5.75 Å². The Hall–Kier alpha value is -2.85. The minimum atomic E-state index is -0.360. The summed E-state index contributed by atoms with van der Waals surface area (Å²) in [7, 11) is 0. The standard InChI is InChI=1S/C22H16ClFN2O/c23-16-5-3-4-15(12-16)22-26-20(18-6-1-2-7-21(18)27-22)13-19(25-26)14-8-10-17(24)11-9-14/h1-12,20,22H,13H2/t20-,22-/m1/s1. The van der Waals surface area contributed by atoms with E-state index >= 15 is 0 Å². The van der Waals surface area contributed by atoms with Crippen LogP contribution in [0.2, 0.25) is 5.02 Å². The molecule has 0 aliphatic carbocycles.